The first-order valence-electron chi connectivity index (χ1n) is 6.50. The smallest absolute Gasteiger partial charge is 0.339 e. The second-order valence-corrected chi connectivity index (χ2v) is 6.96. The Morgan fingerprint density at radius 2 is 1.86 bits per heavy atom. The molecular weight excluding hydrogens is 324 g/mol. The molecule has 21 heavy (non-hydrogen) atoms. The van der Waals surface area contributed by atoms with Gasteiger partial charge in [-0.3, -0.25) is 0 Å². The molecule has 2 aromatic rings. The van der Waals surface area contributed by atoms with Gasteiger partial charge in [0.15, 0.2) is 0 Å². The van der Waals surface area contributed by atoms with Crippen LogP contribution >= 0.6 is 33.2 Å². The van der Waals surface area contributed by atoms with Crippen LogP contribution in [0.5, 0.6) is 0 Å². The summed E-state index contributed by atoms with van der Waals surface area (Å²) < 4.78 is 5.07. The molecule has 0 radical (unpaired) electrons. The summed E-state index contributed by atoms with van der Waals surface area (Å²) in [5, 5.41) is 0.740. The van der Waals surface area contributed by atoms with Crippen LogP contribution in [0.3, 0.4) is 0 Å². The Balaban J connectivity index is 1.96. The molecule has 0 fully saturated rings. The number of rotatable bonds is 6. The van der Waals surface area contributed by atoms with Crippen LogP contribution in [0.2, 0.25) is 5.02 Å². The summed E-state index contributed by atoms with van der Waals surface area (Å²) in [5.41, 5.74) is 1.82. The molecule has 0 amide bonds. The van der Waals surface area contributed by atoms with Crippen molar-refractivity contribution in [3.05, 3.63) is 64.7 Å². The Morgan fingerprint density at radius 1 is 1.14 bits per heavy atom. The lowest BCUT2D eigenvalue weighted by Gasteiger charge is -2.07. The van der Waals surface area contributed by atoms with Crippen molar-refractivity contribution in [2.45, 2.75) is 17.6 Å². The normalized spacial score (nSPS) is 10.4. The molecular formula is C16H15ClO2S2. The summed E-state index contributed by atoms with van der Waals surface area (Å²) in [6, 6.07) is 15.3. The van der Waals surface area contributed by atoms with Crippen LogP contribution < -0.4 is 0 Å². The summed E-state index contributed by atoms with van der Waals surface area (Å²) in [5.74, 6) is 0.576. The molecule has 0 saturated heterocycles. The highest BCUT2D eigenvalue weighted by atomic mass is 35.5. The first-order chi connectivity index (χ1) is 10.2. The van der Waals surface area contributed by atoms with E-state index in [1.807, 2.05) is 49.4 Å². The van der Waals surface area contributed by atoms with Crippen molar-refractivity contribution in [1.82, 2.24) is 0 Å². The minimum absolute atomic E-state index is 0.271. The summed E-state index contributed by atoms with van der Waals surface area (Å²) in [4.78, 5) is 12.8. The maximum Gasteiger partial charge on any atom is 0.339 e. The van der Waals surface area contributed by atoms with Crippen molar-refractivity contribution in [3.63, 3.8) is 0 Å². The van der Waals surface area contributed by atoms with Crippen molar-refractivity contribution in [3.8, 4) is 0 Å². The van der Waals surface area contributed by atoms with Crippen LogP contribution in [0, 0.1) is 0 Å². The predicted molar refractivity (Wildman–Crippen MR) is 91.0 cm³/mol. The average Bonchev–Trinajstić information content (AvgIpc) is 2.50. The molecule has 2 rings (SSSR count). The number of esters is 1. The van der Waals surface area contributed by atoms with Crippen LogP contribution in [0.1, 0.15) is 22.8 Å². The third kappa shape index (κ3) is 4.99. The summed E-state index contributed by atoms with van der Waals surface area (Å²) in [6.07, 6.45) is 0. The van der Waals surface area contributed by atoms with Gasteiger partial charge in [0, 0.05) is 15.7 Å². The molecule has 2 aromatic carbocycles. The van der Waals surface area contributed by atoms with Gasteiger partial charge in [0.05, 0.1) is 12.2 Å². The topological polar surface area (TPSA) is 26.3 Å². The fourth-order valence-electron chi connectivity index (χ4n) is 1.66. The number of carbonyl (C=O) groups excluding carboxylic acids is 1. The van der Waals surface area contributed by atoms with Crippen molar-refractivity contribution < 1.29 is 9.53 Å². The Hall–Kier alpha value is -1.10. The van der Waals surface area contributed by atoms with Crippen LogP contribution in [0.25, 0.3) is 0 Å². The second kappa shape index (κ2) is 8.37. The van der Waals surface area contributed by atoms with Gasteiger partial charge in [-0.15, -0.1) is 0 Å². The van der Waals surface area contributed by atoms with E-state index in [4.69, 9.17) is 16.3 Å². The van der Waals surface area contributed by atoms with E-state index in [1.54, 1.807) is 27.7 Å². The minimum atomic E-state index is -0.271. The molecule has 110 valence electrons. The summed E-state index contributed by atoms with van der Waals surface area (Å²) in [6.45, 7) is 2.19. The fourth-order valence-corrected chi connectivity index (χ4v) is 4.08. The van der Waals surface area contributed by atoms with Crippen LogP contribution in [0.15, 0.2) is 53.4 Å². The van der Waals surface area contributed by atoms with Gasteiger partial charge < -0.3 is 4.74 Å². The largest absolute Gasteiger partial charge is 0.462 e. The highest BCUT2D eigenvalue weighted by molar-refractivity contribution is 8.76. The lowest BCUT2D eigenvalue weighted by atomic mass is 10.2. The molecule has 0 atom stereocenters. The molecule has 0 aliphatic carbocycles. The van der Waals surface area contributed by atoms with Crippen molar-refractivity contribution >= 4 is 39.2 Å². The highest BCUT2D eigenvalue weighted by Gasteiger charge is 2.12. The second-order valence-electron chi connectivity index (χ2n) is 4.19. The van der Waals surface area contributed by atoms with Gasteiger partial charge >= 0.3 is 5.97 Å². The van der Waals surface area contributed by atoms with E-state index in [-0.39, 0.29) is 5.97 Å². The summed E-state index contributed by atoms with van der Waals surface area (Å²) >= 11 is 5.86. The third-order valence-electron chi connectivity index (χ3n) is 2.67. The number of ether oxygens (including phenoxy) is 1. The fraction of sp³-hybridized carbons (Fsp3) is 0.188. The van der Waals surface area contributed by atoms with Gasteiger partial charge in [-0.05, 0) is 36.8 Å². The molecule has 2 nitrogen and oxygen atoms in total. The van der Waals surface area contributed by atoms with Crippen molar-refractivity contribution in [2.24, 2.45) is 0 Å². The molecule has 0 unspecified atom stereocenters. The first-order valence-corrected chi connectivity index (χ1v) is 9.20. The van der Waals surface area contributed by atoms with Crippen LogP contribution in [0.4, 0.5) is 0 Å². The number of benzene rings is 2. The van der Waals surface area contributed by atoms with E-state index in [1.165, 1.54) is 5.56 Å². The third-order valence-corrected chi connectivity index (χ3v) is 5.27. The summed E-state index contributed by atoms with van der Waals surface area (Å²) in [7, 11) is 3.26. The SMILES string of the molecule is CCOC(=O)c1ccccc1SSCc1ccc(Cl)cc1. The maximum absolute atomic E-state index is 11.9. The van der Waals surface area contributed by atoms with Gasteiger partial charge in [-0.25, -0.2) is 4.79 Å². The molecule has 0 aliphatic heterocycles. The van der Waals surface area contributed by atoms with Crippen molar-refractivity contribution in [2.75, 3.05) is 6.61 Å². The lowest BCUT2D eigenvalue weighted by molar-refractivity contribution is 0.0522. The van der Waals surface area contributed by atoms with Gasteiger partial charge in [0.25, 0.3) is 0 Å². The average molecular weight is 339 g/mol. The molecule has 5 heteroatoms. The first kappa shape index (κ1) is 16.3. The zero-order valence-corrected chi connectivity index (χ0v) is 13.9. The van der Waals surface area contributed by atoms with Gasteiger partial charge in [0.1, 0.15) is 0 Å². The van der Waals surface area contributed by atoms with E-state index in [9.17, 15) is 4.79 Å². The Labute approximate surface area is 137 Å². The van der Waals surface area contributed by atoms with Gasteiger partial charge in [-0.1, -0.05) is 57.5 Å². The number of hydrogen-bond donors (Lipinski definition) is 0. The molecule has 0 aromatic heterocycles. The number of carbonyl (C=O) groups is 1. The van der Waals surface area contributed by atoms with Gasteiger partial charge in [0.2, 0.25) is 0 Å². The maximum atomic E-state index is 11.9. The lowest BCUT2D eigenvalue weighted by Crippen LogP contribution is -2.05. The predicted octanol–water partition coefficient (Wildman–Crippen LogP) is 5.46. The monoisotopic (exact) mass is 338 g/mol. The zero-order chi connectivity index (χ0) is 15.1. The standard InChI is InChI=1S/C16H15ClO2S2/c1-2-19-16(18)14-5-3-4-6-15(14)21-20-11-12-7-9-13(17)10-8-12/h3-10H,2,11H2,1H3. The van der Waals surface area contributed by atoms with Crippen LogP contribution in [-0.2, 0) is 10.5 Å². The van der Waals surface area contributed by atoms with E-state index >= 15 is 0 Å². The van der Waals surface area contributed by atoms with Gasteiger partial charge in [-0.2, -0.15) is 0 Å². The quantitative estimate of drug-likeness (QED) is 0.516. The Kier molecular flexibility index (Phi) is 6.49. The molecule has 0 saturated carbocycles. The number of hydrogen-bond acceptors (Lipinski definition) is 4. The highest BCUT2D eigenvalue weighted by Crippen LogP contribution is 2.36. The van der Waals surface area contributed by atoms with E-state index < -0.39 is 0 Å². The molecule has 0 spiro atoms. The Morgan fingerprint density at radius 3 is 2.57 bits per heavy atom. The molecule has 0 bridgehead atoms. The van der Waals surface area contributed by atoms with Crippen molar-refractivity contribution in [1.29, 1.82) is 0 Å². The Bertz CT molecular complexity index is 599. The van der Waals surface area contributed by atoms with E-state index in [0.29, 0.717) is 12.2 Å². The van der Waals surface area contributed by atoms with E-state index in [2.05, 4.69) is 0 Å². The number of halogens is 1. The van der Waals surface area contributed by atoms with Crippen LogP contribution in [-0.4, -0.2) is 12.6 Å². The minimum Gasteiger partial charge on any atom is -0.462 e. The van der Waals surface area contributed by atoms with E-state index in [0.717, 1.165) is 15.7 Å². The molecule has 0 aliphatic rings. The molecule has 0 heterocycles. The molecule has 0 N–H and O–H groups in total. The zero-order valence-electron chi connectivity index (χ0n) is 11.5.